The highest BCUT2D eigenvalue weighted by molar-refractivity contribution is 7.98. The highest BCUT2D eigenvalue weighted by Crippen LogP contribution is 2.08. The van der Waals surface area contributed by atoms with Gasteiger partial charge in [0.05, 0.1) is 18.8 Å². The maximum absolute atomic E-state index is 13.3. The van der Waals surface area contributed by atoms with Crippen LogP contribution in [-0.4, -0.2) is 86.0 Å². The fraction of sp³-hybridized carbons (Fsp3) is 0.417. The summed E-state index contributed by atoms with van der Waals surface area (Å²) in [6.07, 6.45) is 4.35. The Bertz CT molecular complexity index is 1080. The van der Waals surface area contributed by atoms with Crippen molar-refractivity contribution in [1.29, 1.82) is 0 Å². The Kier molecular flexibility index (Phi) is 12.3. The van der Waals surface area contributed by atoms with E-state index in [0.29, 0.717) is 11.4 Å². The largest absolute Gasteiger partial charge is 0.481 e. The number of nitrogens with two attached hydrogens (primary N) is 1. The predicted molar refractivity (Wildman–Crippen MR) is 139 cm³/mol. The van der Waals surface area contributed by atoms with Crippen LogP contribution in [-0.2, 0) is 36.8 Å². The molecule has 14 heteroatoms. The lowest BCUT2D eigenvalue weighted by Crippen LogP contribution is -2.58. The van der Waals surface area contributed by atoms with Gasteiger partial charge in [0.25, 0.3) is 0 Å². The van der Waals surface area contributed by atoms with Crippen LogP contribution < -0.4 is 21.7 Å². The third-order valence-corrected chi connectivity index (χ3v) is 6.13. The van der Waals surface area contributed by atoms with Crippen molar-refractivity contribution in [3.05, 3.63) is 54.1 Å². The van der Waals surface area contributed by atoms with E-state index in [-0.39, 0.29) is 19.3 Å². The number of aromatic amines is 1. The second-order valence-electron chi connectivity index (χ2n) is 8.48. The molecule has 1 aromatic carbocycles. The SMILES string of the molecule is CSCCC(NC(=O)C(Cc1ccccc1)NC(=O)C(N)Cc1cnc[nH]1)C(=O)NC(CC(=O)O)C(=O)O. The minimum atomic E-state index is -1.67. The highest BCUT2D eigenvalue weighted by atomic mass is 32.2. The third kappa shape index (κ3) is 10.2. The molecule has 1 heterocycles. The van der Waals surface area contributed by atoms with E-state index in [4.69, 9.17) is 10.8 Å². The molecule has 0 bridgehead atoms. The zero-order valence-corrected chi connectivity index (χ0v) is 21.6. The van der Waals surface area contributed by atoms with Crippen molar-refractivity contribution in [3.8, 4) is 0 Å². The Morgan fingerprint density at radius 1 is 0.947 bits per heavy atom. The van der Waals surface area contributed by atoms with Gasteiger partial charge >= 0.3 is 11.9 Å². The fourth-order valence-corrected chi connectivity index (χ4v) is 3.96. The number of hydrogen-bond acceptors (Lipinski definition) is 8. The van der Waals surface area contributed by atoms with Gasteiger partial charge in [-0.15, -0.1) is 0 Å². The number of H-pyrrole nitrogens is 1. The standard InChI is InChI=1S/C24H32N6O7S/c1-38-8-7-17(22(34)30-19(24(36)37)11-20(31)32)28-23(35)18(9-14-5-3-2-4-6-14)29-21(33)16(25)10-15-12-26-13-27-15/h2-6,12-13,16-19H,7-11,25H2,1H3,(H,26,27)(H,28,35)(H,29,33)(H,30,34)(H,31,32)(H,36,37). The third-order valence-electron chi connectivity index (χ3n) is 5.48. The van der Waals surface area contributed by atoms with E-state index in [1.807, 2.05) is 0 Å². The number of amides is 3. The molecule has 3 amide bonds. The quantitative estimate of drug-likeness (QED) is 0.140. The van der Waals surface area contributed by atoms with Gasteiger partial charge in [0.2, 0.25) is 17.7 Å². The number of carboxylic acids is 2. The van der Waals surface area contributed by atoms with Crippen molar-refractivity contribution in [2.75, 3.05) is 12.0 Å². The number of carbonyl (C=O) groups is 5. The first-order valence-corrected chi connectivity index (χ1v) is 13.1. The topological polar surface area (TPSA) is 217 Å². The van der Waals surface area contributed by atoms with E-state index in [0.717, 1.165) is 5.56 Å². The Hall–Kier alpha value is -3.91. The lowest BCUT2D eigenvalue weighted by molar-refractivity contribution is -0.147. The molecule has 4 unspecified atom stereocenters. The van der Waals surface area contributed by atoms with Gasteiger partial charge in [-0.1, -0.05) is 30.3 Å². The number of aliphatic carboxylic acids is 2. The number of nitrogens with one attached hydrogen (secondary N) is 4. The smallest absolute Gasteiger partial charge is 0.326 e. The minimum Gasteiger partial charge on any atom is -0.481 e. The van der Waals surface area contributed by atoms with Crippen molar-refractivity contribution in [2.24, 2.45) is 5.73 Å². The lowest BCUT2D eigenvalue weighted by Gasteiger charge is -2.25. The number of hydrogen-bond donors (Lipinski definition) is 7. The number of nitrogens with zero attached hydrogens (tertiary/aromatic N) is 1. The summed E-state index contributed by atoms with van der Waals surface area (Å²) >= 11 is 1.40. The maximum Gasteiger partial charge on any atom is 0.326 e. The summed E-state index contributed by atoms with van der Waals surface area (Å²) in [4.78, 5) is 68.2. The summed E-state index contributed by atoms with van der Waals surface area (Å²) < 4.78 is 0. The van der Waals surface area contributed by atoms with Gasteiger partial charge < -0.3 is 36.9 Å². The van der Waals surface area contributed by atoms with Gasteiger partial charge in [0.1, 0.15) is 18.1 Å². The lowest BCUT2D eigenvalue weighted by atomic mass is 10.0. The average Bonchev–Trinajstić information content (AvgIpc) is 3.38. The van der Waals surface area contributed by atoms with Gasteiger partial charge in [0, 0.05) is 24.7 Å². The van der Waals surface area contributed by atoms with Crippen molar-refractivity contribution >= 4 is 41.4 Å². The molecule has 0 radical (unpaired) electrons. The van der Waals surface area contributed by atoms with Crippen molar-refractivity contribution in [2.45, 2.75) is 49.9 Å². The summed E-state index contributed by atoms with van der Waals surface area (Å²) in [7, 11) is 0. The number of aromatic nitrogens is 2. The van der Waals surface area contributed by atoms with Crippen LogP contribution in [0.25, 0.3) is 0 Å². The van der Waals surface area contributed by atoms with Crippen LogP contribution in [0.5, 0.6) is 0 Å². The van der Waals surface area contributed by atoms with Crippen molar-refractivity contribution < 1.29 is 34.2 Å². The highest BCUT2D eigenvalue weighted by Gasteiger charge is 2.31. The monoisotopic (exact) mass is 548 g/mol. The Morgan fingerprint density at radius 3 is 2.16 bits per heavy atom. The van der Waals surface area contributed by atoms with Crippen LogP contribution >= 0.6 is 11.8 Å². The van der Waals surface area contributed by atoms with Gasteiger partial charge in [-0.05, 0) is 24.0 Å². The normalized spacial score (nSPS) is 13.9. The van der Waals surface area contributed by atoms with E-state index in [1.54, 1.807) is 36.6 Å². The predicted octanol–water partition coefficient (Wildman–Crippen LogP) is -0.711. The number of rotatable bonds is 16. The zero-order chi connectivity index (χ0) is 28.1. The molecule has 0 aliphatic heterocycles. The molecule has 4 atom stereocenters. The molecule has 0 saturated carbocycles. The van der Waals surface area contributed by atoms with E-state index >= 15 is 0 Å². The molecular formula is C24H32N6O7S. The van der Waals surface area contributed by atoms with Crippen LogP contribution in [0, 0.1) is 0 Å². The second kappa shape index (κ2) is 15.4. The Labute approximate surface area is 223 Å². The molecule has 0 spiro atoms. The van der Waals surface area contributed by atoms with Crippen LogP contribution in [0.1, 0.15) is 24.1 Å². The molecule has 1 aromatic heterocycles. The van der Waals surface area contributed by atoms with E-state index in [2.05, 4.69) is 25.9 Å². The molecule has 206 valence electrons. The average molecular weight is 549 g/mol. The molecular weight excluding hydrogens is 516 g/mol. The van der Waals surface area contributed by atoms with E-state index in [9.17, 15) is 29.1 Å². The molecule has 38 heavy (non-hydrogen) atoms. The molecule has 0 aliphatic rings. The molecule has 2 aromatic rings. The van der Waals surface area contributed by atoms with E-state index in [1.165, 1.54) is 24.3 Å². The second-order valence-corrected chi connectivity index (χ2v) is 9.46. The molecule has 0 fully saturated rings. The molecule has 0 aliphatic carbocycles. The fourth-order valence-electron chi connectivity index (χ4n) is 3.49. The first-order valence-electron chi connectivity index (χ1n) is 11.7. The number of benzene rings is 1. The summed E-state index contributed by atoms with van der Waals surface area (Å²) in [5.41, 5.74) is 7.41. The Balaban J connectivity index is 2.19. The van der Waals surface area contributed by atoms with E-state index < -0.39 is 60.2 Å². The number of carboxylic acid groups (broad SMARTS) is 2. The molecule has 2 rings (SSSR count). The van der Waals surface area contributed by atoms with Crippen LogP contribution in [0.15, 0.2) is 42.9 Å². The van der Waals surface area contributed by atoms with Gasteiger partial charge in [-0.2, -0.15) is 11.8 Å². The number of imidazole rings is 1. The molecule has 8 N–H and O–H groups in total. The minimum absolute atomic E-state index is 0.100. The van der Waals surface area contributed by atoms with Crippen LogP contribution in [0.2, 0.25) is 0 Å². The summed E-state index contributed by atoms with van der Waals surface area (Å²) in [5.74, 6) is -4.59. The first-order chi connectivity index (χ1) is 18.1. The molecule has 0 saturated heterocycles. The summed E-state index contributed by atoms with van der Waals surface area (Å²) in [6, 6.07) is 3.99. The van der Waals surface area contributed by atoms with Gasteiger partial charge in [-0.25, -0.2) is 9.78 Å². The Morgan fingerprint density at radius 2 is 1.58 bits per heavy atom. The zero-order valence-electron chi connectivity index (χ0n) is 20.8. The summed E-state index contributed by atoms with van der Waals surface area (Å²) in [5, 5.41) is 25.6. The maximum atomic E-state index is 13.3. The van der Waals surface area contributed by atoms with Crippen molar-refractivity contribution in [1.82, 2.24) is 25.9 Å². The van der Waals surface area contributed by atoms with Gasteiger partial charge in [0.15, 0.2) is 0 Å². The van der Waals surface area contributed by atoms with Crippen LogP contribution in [0.4, 0.5) is 0 Å². The van der Waals surface area contributed by atoms with Crippen molar-refractivity contribution in [3.63, 3.8) is 0 Å². The first kappa shape index (κ1) is 30.3. The number of thioether (sulfide) groups is 1. The summed E-state index contributed by atoms with van der Waals surface area (Å²) in [6.45, 7) is 0. The molecule has 13 nitrogen and oxygen atoms in total. The van der Waals surface area contributed by atoms with Crippen LogP contribution in [0.3, 0.4) is 0 Å². The van der Waals surface area contributed by atoms with Gasteiger partial charge in [-0.3, -0.25) is 19.2 Å². The number of carbonyl (C=O) groups excluding carboxylic acids is 3.